The lowest BCUT2D eigenvalue weighted by atomic mass is 9.84. The number of amides is 1. The maximum absolute atomic E-state index is 12.9. The standard InChI is InChI=1S/C21H31NO3/c1-16-8-10-18(11-9-16)12-13-20(23)22(15-14-21(24)25-3)19-7-5-4-6-17(19)2/h8-11,17,19H,4-7,12-15H2,1-3H3. The number of aryl methyl sites for hydroxylation is 2. The van der Waals surface area contributed by atoms with Gasteiger partial charge in [0.15, 0.2) is 0 Å². The molecule has 0 radical (unpaired) electrons. The van der Waals surface area contributed by atoms with E-state index in [4.69, 9.17) is 4.74 Å². The Hall–Kier alpha value is -1.84. The number of methoxy groups -OCH3 is 1. The van der Waals surface area contributed by atoms with Crippen LogP contribution in [0.15, 0.2) is 24.3 Å². The van der Waals surface area contributed by atoms with E-state index in [9.17, 15) is 9.59 Å². The predicted octanol–water partition coefficient (Wildman–Crippen LogP) is 3.90. The Labute approximate surface area is 151 Å². The number of nitrogens with zero attached hydrogens (tertiary/aromatic N) is 1. The molecule has 1 amide bonds. The zero-order valence-corrected chi connectivity index (χ0v) is 15.8. The lowest BCUT2D eigenvalue weighted by Crippen LogP contribution is -2.46. The first-order valence-electron chi connectivity index (χ1n) is 9.43. The monoisotopic (exact) mass is 345 g/mol. The topological polar surface area (TPSA) is 46.6 Å². The predicted molar refractivity (Wildman–Crippen MR) is 99.3 cm³/mol. The maximum atomic E-state index is 12.9. The van der Waals surface area contributed by atoms with Crippen LogP contribution in [-0.2, 0) is 20.7 Å². The zero-order chi connectivity index (χ0) is 18.2. The Morgan fingerprint density at radius 3 is 2.44 bits per heavy atom. The minimum absolute atomic E-state index is 0.156. The van der Waals surface area contributed by atoms with Gasteiger partial charge in [0.1, 0.15) is 0 Å². The summed E-state index contributed by atoms with van der Waals surface area (Å²) >= 11 is 0. The van der Waals surface area contributed by atoms with E-state index in [2.05, 4.69) is 38.1 Å². The summed E-state index contributed by atoms with van der Waals surface area (Å²) in [5.41, 5.74) is 2.41. The van der Waals surface area contributed by atoms with Gasteiger partial charge < -0.3 is 9.64 Å². The molecule has 2 atom stereocenters. The molecule has 4 heteroatoms. The van der Waals surface area contributed by atoms with Crippen molar-refractivity contribution in [2.45, 2.75) is 64.8 Å². The molecule has 0 bridgehead atoms. The molecule has 1 aliphatic carbocycles. The molecule has 0 N–H and O–H groups in total. The van der Waals surface area contributed by atoms with Gasteiger partial charge in [-0.05, 0) is 37.7 Å². The van der Waals surface area contributed by atoms with E-state index in [1.807, 2.05) is 4.90 Å². The molecular formula is C21H31NO3. The van der Waals surface area contributed by atoms with Crippen LogP contribution in [0.25, 0.3) is 0 Å². The van der Waals surface area contributed by atoms with Crippen LogP contribution in [0.2, 0.25) is 0 Å². The SMILES string of the molecule is COC(=O)CCN(C(=O)CCc1ccc(C)cc1)C1CCCCC1C. The lowest BCUT2D eigenvalue weighted by molar-refractivity contribution is -0.143. The molecule has 1 fully saturated rings. The normalized spacial score (nSPS) is 20.1. The average molecular weight is 345 g/mol. The minimum atomic E-state index is -0.250. The number of hydrogen-bond acceptors (Lipinski definition) is 3. The Morgan fingerprint density at radius 1 is 1.12 bits per heavy atom. The second-order valence-electron chi connectivity index (χ2n) is 7.23. The Bertz CT molecular complexity index is 567. The van der Waals surface area contributed by atoms with Crippen molar-refractivity contribution in [3.8, 4) is 0 Å². The number of hydrogen-bond donors (Lipinski definition) is 0. The van der Waals surface area contributed by atoms with E-state index in [0.717, 1.165) is 25.7 Å². The molecule has 0 spiro atoms. The van der Waals surface area contributed by atoms with Gasteiger partial charge in [-0.3, -0.25) is 9.59 Å². The molecular weight excluding hydrogens is 314 g/mol. The van der Waals surface area contributed by atoms with Crippen molar-refractivity contribution in [1.29, 1.82) is 0 Å². The van der Waals surface area contributed by atoms with Crippen LogP contribution in [0.4, 0.5) is 0 Å². The average Bonchev–Trinajstić information content (AvgIpc) is 2.62. The van der Waals surface area contributed by atoms with E-state index in [-0.39, 0.29) is 24.3 Å². The van der Waals surface area contributed by atoms with Crippen LogP contribution in [0.3, 0.4) is 0 Å². The van der Waals surface area contributed by atoms with Crippen molar-refractivity contribution >= 4 is 11.9 Å². The van der Waals surface area contributed by atoms with E-state index in [0.29, 0.717) is 18.9 Å². The summed E-state index contributed by atoms with van der Waals surface area (Å²) in [6.45, 7) is 4.75. The van der Waals surface area contributed by atoms with Gasteiger partial charge in [0.2, 0.25) is 5.91 Å². The van der Waals surface area contributed by atoms with Crippen LogP contribution in [-0.4, -0.2) is 36.5 Å². The van der Waals surface area contributed by atoms with Crippen molar-refractivity contribution in [3.05, 3.63) is 35.4 Å². The Kier molecular flexibility index (Phi) is 7.48. The third kappa shape index (κ3) is 5.87. The number of benzene rings is 1. The molecule has 0 saturated heterocycles. The second-order valence-corrected chi connectivity index (χ2v) is 7.23. The first-order chi connectivity index (χ1) is 12.0. The largest absolute Gasteiger partial charge is 0.469 e. The second kappa shape index (κ2) is 9.59. The van der Waals surface area contributed by atoms with Gasteiger partial charge in [-0.2, -0.15) is 0 Å². The van der Waals surface area contributed by atoms with Gasteiger partial charge in [-0.1, -0.05) is 49.6 Å². The fourth-order valence-electron chi connectivity index (χ4n) is 3.70. The fourth-order valence-corrected chi connectivity index (χ4v) is 3.70. The van der Waals surface area contributed by atoms with Crippen LogP contribution >= 0.6 is 0 Å². The molecule has 1 saturated carbocycles. The highest BCUT2D eigenvalue weighted by atomic mass is 16.5. The number of ether oxygens (including phenoxy) is 1. The van der Waals surface area contributed by atoms with Crippen molar-refractivity contribution < 1.29 is 14.3 Å². The molecule has 0 aliphatic heterocycles. The van der Waals surface area contributed by atoms with Crippen LogP contribution < -0.4 is 0 Å². The van der Waals surface area contributed by atoms with Crippen molar-refractivity contribution in [2.75, 3.05) is 13.7 Å². The van der Waals surface area contributed by atoms with Gasteiger partial charge in [-0.15, -0.1) is 0 Å². The van der Waals surface area contributed by atoms with E-state index >= 15 is 0 Å². The van der Waals surface area contributed by atoms with E-state index in [1.165, 1.54) is 24.7 Å². The molecule has 0 aromatic heterocycles. The number of carbonyl (C=O) groups excluding carboxylic acids is 2. The van der Waals surface area contributed by atoms with E-state index in [1.54, 1.807) is 0 Å². The van der Waals surface area contributed by atoms with Crippen LogP contribution in [0.1, 0.15) is 56.6 Å². The fraction of sp³-hybridized carbons (Fsp3) is 0.619. The Morgan fingerprint density at radius 2 is 1.80 bits per heavy atom. The smallest absolute Gasteiger partial charge is 0.307 e. The van der Waals surface area contributed by atoms with Gasteiger partial charge in [0.05, 0.1) is 13.5 Å². The first kappa shape index (κ1) is 19.5. The molecule has 25 heavy (non-hydrogen) atoms. The lowest BCUT2D eigenvalue weighted by Gasteiger charge is -2.38. The number of esters is 1. The third-order valence-electron chi connectivity index (χ3n) is 5.32. The van der Waals surface area contributed by atoms with Crippen molar-refractivity contribution in [3.63, 3.8) is 0 Å². The maximum Gasteiger partial charge on any atom is 0.307 e. The molecule has 1 aromatic carbocycles. The highest BCUT2D eigenvalue weighted by Crippen LogP contribution is 2.29. The van der Waals surface area contributed by atoms with E-state index < -0.39 is 0 Å². The summed E-state index contributed by atoms with van der Waals surface area (Å²) in [4.78, 5) is 26.4. The molecule has 1 aromatic rings. The molecule has 138 valence electrons. The zero-order valence-electron chi connectivity index (χ0n) is 15.8. The highest BCUT2D eigenvalue weighted by Gasteiger charge is 2.30. The first-order valence-corrected chi connectivity index (χ1v) is 9.43. The summed E-state index contributed by atoms with van der Waals surface area (Å²) in [6.07, 6.45) is 6.11. The van der Waals surface area contributed by atoms with Crippen molar-refractivity contribution in [1.82, 2.24) is 4.90 Å². The summed E-state index contributed by atoms with van der Waals surface area (Å²) in [7, 11) is 1.40. The molecule has 1 aliphatic rings. The summed E-state index contributed by atoms with van der Waals surface area (Å²) in [5.74, 6) is 0.401. The quantitative estimate of drug-likeness (QED) is 0.704. The summed E-state index contributed by atoms with van der Waals surface area (Å²) < 4.78 is 4.76. The van der Waals surface area contributed by atoms with Gasteiger partial charge in [0, 0.05) is 19.0 Å². The van der Waals surface area contributed by atoms with Crippen LogP contribution in [0, 0.1) is 12.8 Å². The number of carbonyl (C=O) groups is 2. The minimum Gasteiger partial charge on any atom is -0.469 e. The molecule has 2 rings (SSSR count). The Balaban J connectivity index is 2.00. The summed E-state index contributed by atoms with van der Waals surface area (Å²) in [6, 6.07) is 8.59. The van der Waals surface area contributed by atoms with Gasteiger partial charge in [0.25, 0.3) is 0 Å². The third-order valence-corrected chi connectivity index (χ3v) is 5.32. The van der Waals surface area contributed by atoms with Gasteiger partial charge in [-0.25, -0.2) is 0 Å². The highest BCUT2D eigenvalue weighted by molar-refractivity contribution is 5.78. The molecule has 4 nitrogen and oxygen atoms in total. The summed E-state index contributed by atoms with van der Waals surface area (Å²) in [5, 5.41) is 0. The number of rotatable bonds is 7. The molecule has 0 heterocycles. The molecule has 2 unspecified atom stereocenters. The van der Waals surface area contributed by atoms with Crippen LogP contribution in [0.5, 0.6) is 0 Å². The van der Waals surface area contributed by atoms with Crippen molar-refractivity contribution in [2.24, 2.45) is 5.92 Å². The van der Waals surface area contributed by atoms with Gasteiger partial charge >= 0.3 is 5.97 Å².